The van der Waals surface area contributed by atoms with Crippen LogP contribution in [-0.2, 0) is 6.54 Å². The molecule has 0 aliphatic rings. The molecule has 8 heteroatoms. The summed E-state index contributed by atoms with van der Waals surface area (Å²) in [5, 5.41) is 19.0. The first kappa shape index (κ1) is 14.2. The number of aromatic nitrogens is 3. The van der Waals surface area contributed by atoms with Gasteiger partial charge in [0.15, 0.2) is 5.69 Å². The summed E-state index contributed by atoms with van der Waals surface area (Å²) in [5.41, 5.74) is 6.66. The van der Waals surface area contributed by atoms with E-state index in [1.165, 1.54) is 10.9 Å². The first-order valence-corrected chi connectivity index (χ1v) is 6.54. The van der Waals surface area contributed by atoms with Crippen molar-refractivity contribution in [3.63, 3.8) is 0 Å². The van der Waals surface area contributed by atoms with Crippen molar-refractivity contribution < 1.29 is 4.79 Å². The van der Waals surface area contributed by atoms with E-state index >= 15 is 0 Å². The maximum Gasteiger partial charge on any atom is 0.277 e. The van der Waals surface area contributed by atoms with Gasteiger partial charge in [-0.2, -0.15) is 5.26 Å². The zero-order chi connectivity index (χ0) is 14.5. The first-order chi connectivity index (χ1) is 9.63. The number of benzene rings is 1. The monoisotopic (exact) mass is 334 g/mol. The highest BCUT2D eigenvalue weighted by molar-refractivity contribution is 9.10. The number of hydrogen-bond acceptors (Lipinski definition) is 5. The second-order valence-electron chi connectivity index (χ2n) is 3.92. The number of rotatable bonds is 4. The Kier molecular flexibility index (Phi) is 4.45. The van der Waals surface area contributed by atoms with E-state index in [9.17, 15) is 4.79 Å². The van der Waals surface area contributed by atoms with Crippen LogP contribution in [0.3, 0.4) is 0 Å². The lowest BCUT2D eigenvalue weighted by atomic mass is 10.2. The summed E-state index contributed by atoms with van der Waals surface area (Å²) in [5.74, 6) is -0.376. The van der Waals surface area contributed by atoms with Gasteiger partial charge in [0.05, 0.1) is 30.1 Å². The van der Waals surface area contributed by atoms with Gasteiger partial charge in [-0.05, 0) is 34.1 Å². The summed E-state index contributed by atoms with van der Waals surface area (Å²) in [7, 11) is 0. The quantitative estimate of drug-likeness (QED) is 0.870. The maximum absolute atomic E-state index is 12.0. The van der Waals surface area contributed by atoms with Crippen molar-refractivity contribution in [1.29, 1.82) is 5.26 Å². The third-order valence-corrected chi connectivity index (χ3v) is 3.13. The minimum atomic E-state index is -0.376. The van der Waals surface area contributed by atoms with Crippen molar-refractivity contribution in [3.05, 3.63) is 40.1 Å². The molecule has 1 heterocycles. The third-order valence-electron chi connectivity index (χ3n) is 2.48. The van der Waals surface area contributed by atoms with Crippen LogP contribution in [0.15, 0.2) is 28.9 Å². The fourth-order valence-electron chi connectivity index (χ4n) is 1.52. The molecule has 0 saturated heterocycles. The lowest BCUT2D eigenvalue weighted by Crippen LogP contribution is -2.13. The number of nitrogens with two attached hydrogens (primary N) is 1. The number of amides is 1. The minimum absolute atomic E-state index is 0.203. The molecule has 1 aromatic carbocycles. The number of nitrogens with one attached hydrogen (secondary N) is 1. The molecule has 0 aliphatic carbocycles. The Balaban J connectivity index is 2.13. The van der Waals surface area contributed by atoms with Crippen molar-refractivity contribution in [2.75, 3.05) is 11.9 Å². The van der Waals surface area contributed by atoms with Crippen molar-refractivity contribution >= 4 is 27.5 Å². The largest absolute Gasteiger partial charge is 0.329 e. The molecule has 0 spiro atoms. The van der Waals surface area contributed by atoms with Gasteiger partial charge in [0.1, 0.15) is 0 Å². The van der Waals surface area contributed by atoms with Crippen molar-refractivity contribution in [2.45, 2.75) is 6.54 Å². The molecule has 3 N–H and O–H groups in total. The SMILES string of the molecule is N#Cc1ccc(NC(=O)c2cn(CCN)nn2)c(Br)c1. The van der Waals surface area contributed by atoms with E-state index in [0.717, 1.165) is 0 Å². The molecule has 0 aliphatic heterocycles. The van der Waals surface area contributed by atoms with Gasteiger partial charge in [0.25, 0.3) is 5.91 Å². The second kappa shape index (κ2) is 6.27. The molecular weight excluding hydrogens is 324 g/mol. The summed E-state index contributed by atoms with van der Waals surface area (Å²) in [4.78, 5) is 12.0. The first-order valence-electron chi connectivity index (χ1n) is 5.75. The molecule has 102 valence electrons. The number of nitriles is 1. The topological polar surface area (TPSA) is 110 Å². The third kappa shape index (κ3) is 3.20. The average molecular weight is 335 g/mol. The van der Waals surface area contributed by atoms with Crippen molar-refractivity contribution in [1.82, 2.24) is 15.0 Å². The van der Waals surface area contributed by atoms with Gasteiger partial charge >= 0.3 is 0 Å². The van der Waals surface area contributed by atoms with E-state index in [-0.39, 0.29) is 11.6 Å². The molecule has 1 amide bonds. The van der Waals surface area contributed by atoms with Gasteiger partial charge < -0.3 is 11.1 Å². The number of carbonyl (C=O) groups excluding carboxylic acids is 1. The standard InChI is InChI=1S/C12H11BrN6O/c13-9-5-8(6-15)1-2-10(9)16-12(20)11-7-19(4-3-14)18-17-11/h1-2,5,7H,3-4,14H2,(H,16,20). The number of carbonyl (C=O) groups is 1. The summed E-state index contributed by atoms with van der Waals surface area (Å²) in [6.45, 7) is 0.923. The van der Waals surface area contributed by atoms with E-state index in [4.69, 9.17) is 11.0 Å². The Labute approximate surface area is 123 Å². The summed E-state index contributed by atoms with van der Waals surface area (Å²) in [6, 6.07) is 6.90. The zero-order valence-corrected chi connectivity index (χ0v) is 12.0. The van der Waals surface area contributed by atoms with Gasteiger partial charge in [-0.15, -0.1) is 5.10 Å². The molecule has 0 fully saturated rings. The highest BCUT2D eigenvalue weighted by atomic mass is 79.9. The Morgan fingerprint density at radius 1 is 1.55 bits per heavy atom. The highest BCUT2D eigenvalue weighted by Gasteiger charge is 2.12. The van der Waals surface area contributed by atoms with Crippen LogP contribution < -0.4 is 11.1 Å². The van der Waals surface area contributed by atoms with Gasteiger partial charge in [-0.3, -0.25) is 9.48 Å². The molecule has 0 saturated carbocycles. The average Bonchev–Trinajstić information content (AvgIpc) is 2.90. The van der Waals surface area contributed by atoms with Gasteiger partial charge in [0.2, 0.25) is 0 Å². The van der Waals surface area contributed by atoms with Crippen LogP contribution in [0.1, 0.15) is 16.1 Å². The van der Waals surface area contributed by atoms with Gasteiger partial charge in [-0.1, -0.05) is 5.21 Å². The summed E-state index contributed by atoms with van der Waals surface area (Å²) >= 11 is 3.30. The van der Waals surface area contributed by atoms with Crippen LogP contribution in [0.5, 0.6) is 0 Å². The second-order valence-corrected chi connectivity index (χ2v) is 4.77. The number of halogens is 1. The molecular formula is C12H11BrN6O. The molecule has 0 unspecified atom stereocenters. The maximum atomic E-state index is 12.0. The van der Waals surface area contributed by atoms with E-state index in [2.05, 4.69) is 31.6 Å². The van der Waals surface area contributed by atoms with Crippen molar-refractivity contribution in [2.24, 2.45) is 5.73 Å². The fraction of sp³-hybridized carbons (Fsp3) is 0.167. The molecule has 2 rings (SSSR count). The van der Waals surface area contributed by atoms with Crippen LogP contribution in [0.4, 0.5) is 5.69 Å². The Morgan fingerprint density at radius 2 is 2.35 bits per heavy atom. The molecule has 0 bridgehead atoms. The highest BCUT2D eigenvalue weighted by Crippen LogP contribution is 2.23. The number of anilines is 1. The van der Waals surface area contributed by atoms with Crippen LogP contribution >= 0.6 is 15.9 Å². The van der Waals surface area contributed by atoms with Crippen LogP contribution in [0, 0.1) is 11.3 Å². The molecule has 20 heavy (non-hydrogen) atoms. The smallest absolute Gasteiger partial charge is 0.277 e. The summed E-state index contributed by atoms with van der Waals surface area (Å²) in [6.07, 6.45) is 1.53. The number of hydrogen-bond donors (Lipinski definition) is 2. The normalized spacial score (nSPS) is 10.1. The Hall–Kier alpha value is -2.24. The van der Waals surface area contributed by atoms with Crippen LogP contribution in [0.25, 0.3) is 0 Å². The van der Waals surface area contributed by atoms with Crippen LogP contribution in [0.2, 0.25) is 0 Å². The molecule has 0 atom stereocenters. The molecule has 7 nitrogen and oxygen atoms in total. The minimum Gasteiger partial charge on any atom is -0.329 e. The van der Waals surface area contributed by atoms with Crippen LogP contribution in [-0.4, -0.2) is 27.4 Å². The molecule has 2 aromatic rings. The van der Waals surface area contributed by atoms with Gasteiger partial charge in [-0.25, -0.2) is 0 Å². The van der Waals surface area contributed by atoms with E-state index in [0.29, 0.717) is 28.8 Å². The molecule has 1 aromatic heterocycles. The van der Waals surface area contributed by atoms with E-state index < -0.39 is 0 Å². The molecule has 0 radical (unpaired) electrons. The Bertz CT molecular complexity index is 675. The van der Waals surface area contributed by atoms with E-state index in [1.54, 1.807) is 18.2 Å². The lowest BCUT2D eigenvalue weighted by molar-refractivity contribution is 0.102. The van der Waals surface area contributed by atoms with Crippen molar-refractivity contribution in [3.8, 4) is 6.07 Å². The number of nitrogens with zero attached hydrogens (tertiary/aromatic N) is 4. The summed E-state index contributed by atoms with van der Waals surface area (Å²) < 4.78 is 2.13. The van der Waals surface area contributed by atoms with E-state index in [1.807, 2.05) is 6.07 Å². The zero-order valence-electron chi connectivity index (χ0n) is 10.4. The Morgan fingerprint density at radius 3 is 3.00 bits per heavy atom. The fourth-order valence-corrected chi connectivity index (χ4v) is 1.99. The predicted molar refractivity (Wildman–Crippen MR) is 75.9 cm³/mol. The predicted octanol–water partition coefficient (Wildman–Crippen LogP) is 1.12. The lowest BCUT2D eigenvalue weighted by Gasteiger charge is -2.05. The van der Waals surface area contributed by atoms with Gasteiger partial charge in [0, 0.05) is 11.0 Å².